The molecule has 7 heteroatoms. The standard InChI is InChI=1S/C12H16O6S/c13-11-5-1-7(17-11)9-3-4-10(19(9,15)16)8-2-6-12(14)18-8/h7-10H,1-6H2. The van der Waals surface area contributed by atoms with Gasteiger partial charge in [-0.2, -0.15) is 0 Å². The smallest absolute Gasteiger partial charge is 0.306 e. The van der Waals surface area contributed by atoms with Crippen molar-refractivity contribution < 1.29 is 27.5 Å². The number of sulfone groups is 1. The van der Waals surface area contributed by atoms with Crippen molar-refractivity contribution in [1.82, 2.24) is 0 Å². The zero-order valence-corrected chi connectivity index (χ0v) is 11.2. The molecule has 3 rings (SSSR count). The fourth-order valence-electron chi connectivity index (χ4n) is 3.29. The third-order valence-corrected chi connectivity index (χ3v) is 7.01. The summed E-state index contributed by atoms with van der Waals surface area (Å²) in [5, 5.41) is -1.24. The van der Waals surface area contributed by atoms with Gasteiger partial charge in [0.2, 0.25) is 0 Å². The van der Waals surface area contributed by atoms with Gasteiger partial charge in [-0.25, -0.2) is 8.42 Å². The number of esters is 2. The summed E-state index contributed by atoms with van der Waals surface area (Å²) in [6.45, 7) is 0. The second-order valence-electron chi connectivity index (χ2n) is 5.38. The monoisotopic (exact) mass is 288 g/mol. The maximum atomic E-state index is 12.5. The molecule has 3 aliphatic rings. The van der Waals surface area contributed by atoms with Crippen molar-refractivity contribution >= 4 is 21.8 Å². The molecule has 3 saturated heterocycles. The lowest BCUT2D eigenvalue weighted by atomic mass is 10.0. The highest BCUT2D eigenvalue weighted by molar-refractivity contribution is 7.93. The largest absolute Gasteiger partial charge is 0.461 e. The second kappa shape index (κ2) is 4.47. The van der Waals surface area contributed by atoms with Crippen LogP contribution < -0.4 is 0 Å². The highest BCUT2D eigenvalue weighted by Crippen LogP contribution is 2.38. The van der Waals surface area contributed by atoms with Crippen LogP contribution in [0.2, 0.25) is 0 Å². The summed E-state index contributed by atoms with van der Waals surface area (Å²) in [6.07, 6.45) is 1.47. The van der Waals surface area contributed by atoms with Gasteiger partial charge in [0.05, 0.1) is 10.5 Å². The molecule has 0 saturated carbocycles. The van der Waals surface area contributed by atoms with Crippen LogP contribution in [-0.2, 0) is 28.9 Å². The first-order valence-electron chi connectivity index (χ1n) is 6.60. The Kier molecular flexibility index (Phi) is 3.03. The number of carbonyl (C=O) groups excluding carboxylic acids is 2. The van der Waals surface area contributed by atoms with Crippen molar-refractivity contribution in [2.75, 3.05) is 0 Å². The Balaban J connectivity index is 1.76. The summed E-state index contributed by atoms with van der Waals surface area (Å²) in [6, 6.07) is 0. The first-order chi connectivity index (χ1) is 8.98. The van der Waals surface area contributed by atoms with Crippen LogP contribution in [0.4, 0.5) is 0 Å². The molecule has 19 heavy (non-hydrogen) atoms. The van der Waals surface area contributed by atoms with Crippen molar-refractivity contribution in [3.8, 4) is 0 Å². The van der Waals surface area contributed by atoms with Crippen LogP contribution >= 0.6 is 0 Å². The van der Waals surface area contributed by atoms with Gasteiger partial charge >= 0.3 is 11.9 Å². The van der Waals surface area contributed by atoms with Gasteiger partial charge in [-0.15, -0.1) is 0 Å². The van der Waals surface area contributed by atoms with Crippen LogP contribution in [0.15, 0.2) is 0 Å². The molecule has 4 unspecified atom stereocenters. The van der Waals surface area contributed by atoms with Crippen molar-refractivity contribution in [2.45, 2.75) is 61.2 Å². The number of hydrogen-bond donors (Lipinski definition) is 0. The molecule has 3 aliphatic heterocycles. The van der Waals surface area contributed by atoms with Gasteiger partial charge in [-0.3, -0.25) is 9.59 Å². The number of rotatable bonds is 2. The predicted molar refractivity (Wildman–Crippen MR) is 64.0 cm³/mol. The van der Waals surface area contributed by atoms with E-state index < -0.39 is 32.5 Å². The minimum atomic E-state index is -3.40. The van der Waals surface area contributed by atoms with E-state index in [1.54, 1.807) is 0 Å². The first-order valence-corrected chi connectivity index (χ1v) is 8.21. The quantitative estimate of drug-likeness (QED) is 0.681. The van der Waals surface area contributed by atoms with E-state index in [1.807, 2.05) is 0 Å². The zero-order chi connectivity index (χ0) is 13.6. The summed E-state index contributed by atoms with van der Waals surface area (Å²) in [5.74, 6) is -0.646. The molecule has 0 amide bonds. The van der Waals surface area contributed by atoms with Crippen molar-refractivity contribution in [3.05, 3.63) is 0 Å². The molecule has 0 aromatic heterocycles. The van der Waals surface area contributed by atoms with Crippen molar-refractivity contribution in [3.63, 3.8) is 0 Å². The normalized spacial score (nSPS) is 41.3. The molecule has 6 nitrogen and oxygen atoms in total. The Labute approximate surface area is 111 Å². The molecule has 3 heterocycles. The van der Waals surface area contributed by atoms with Gasteiger partial charge in [0.15, 0.2) is 9.84 Å². The molecule has 0 N–H and O–H groups in total. The summed E-state index contributed by atoms with van der Waals surface area (Å²) < 4.78 is 35.2. The fraction of sp³-hybridized carbons (Fsp3) is 0.833. The zero-order valence-electron chi connectivity index (χ0n) is 10.4. The van der Waals surface area contributed by atoms with Crippen LogP contribution in [-0.4, -0.2) is 43.1 Å². The summed E-state index contributed by atoms with van der Waals surface area (Å²) in [5.41, 5.74) is 0. The minimum Gasteiger partial charge on any atom is -0.461 e. The van der Waals surface area contributed by atoms with Crippen LogP contribution in [0.25, 0.3) is 0 Å². The number of cyclic esters (lactones) is 2. The SMILES string of the molecule is O=C1CCC(C2CCC(C3CCC(=O)O3)S2(=O)=O)O1. The molecule has 0 spiro atoms. The maximum Gasteiger partial charge on any atom is 0.306 e. The lowest BCUT2D eigenvalue weighted by Gasteiger charge is -2.20. The fourth-order valence-corrected chi connectivity index (χ4v) is 5.90. The topological polar surface area (TPSA) is 86.7 Å². The molecule has 0 radical (unpaired) electrons. The second-order valence-corrected chi connectivity index (χ2v) is 7.77. The van der Waals surface area contributed by atoms with Gasteiger partial charge in [-0.1, -0.05) is 0 Å². The average molecular weight is 288 g/mol. The molecular formula is C12H16O6S. The van der Waals surface area contributed by atoms with E-state index in [2.05, 4.69) is 0 Å². The van der Waals surface area contributed by atoms with E-state index in [-0.39, 0.29) is 11.9 Å². The predicted octanol–water partition coefficient (Wildman–Crippen LogP) is 0.343. The third kappa shape index (κ3) is 2.13. The van der Waals surface area contributed by atoms with E-state index >= 15 is 0 Å². The van der Waals surface area contributed by atoms with E-state index in [1.165, 1.54) is 0 Å². The van der Waals surface area contributed by atoms with Gasteiger partial charge in [0.1, 0.15) is 12.2 Å². The highest BCUT2D eigenvalue weighted by atomic mass is 32.2. The van der Waals surface area contributed by atoms with E-state index in [0.717, 1.165) is 0 Å². The van der Waals surface area contributed by atoms with Crippen LogP contribution in [0, 0.1) is 0 Å². The number of carbonyl (C=O) groups is 2. The van der Waals surface area contributed by atoms with Gasteiger partial charge in [-0.05, 0) is 25.7 Å². The Morgan fingerprint density at radius 1 is 0.789 bits per heavy atom. The summed E-state index contributed by atoms with van der Waals surface area (Å²) in [4.78, 5) is 22.2. The lowest BCUT2D eigenvalue weighted by molar-refractivity contribution is -0.142. The van der Waals surface area contributed by atoms with Gasteiger partial charge in [0, 0.05) is 12.8 Å². The van der Waals surface area contributed by atoms with Crippen LogP contribution in [0.1, 0.15) is 38.5 Å². The molecule has 0 aromatic carbocycles. The van der Waals surface area contributed by atoms with E-state index in [9.17, 15) is 18.0 Å². The van der Waals surface area contributed by atoms with E-state index in [0.29, 0.717) is 38.5 Å². The molecular weight excluding hydrogens is 272 g/mol. The summed E-state index contributed by atoms with van der Waals surface area (Å²) >= 11 is 0. The Morgan fingerprint density at radius 2 is 1.21 bits per heavy atom. The highest BCUT2D eigenvalue weighted by Gasteiger charge is 2.52. The molecule has 0 bridgehead atoms. The van der Waals surface area contributed by atoms with Gasteiger partial charge in [0.25, 0.3) is 0 Å². The number of ether oxygens (including phenoxy) is 2. The Morgan fingerprint density at radius 3 is 1.53 bits per heavy atom. The first kappa shape index (κ1) is 12.9. The van der Waals surface area contributed by atoms with Crippen molar-refractivity contribution in [1.29, 1.82) is 0 Å². The molecule has 0 aliphatic carbocycles. The Bertz CT molecular complexity index is 470. The average Bonchev–Trinajstić information content (AvgIpc) is 2.98. The minimum absolute atomic E-state index is 0.291. The number of hydrogen-bond acceptors (Lipinski definition) is 6. The molecule has 3 fully saturated rings. The van der Waals surface area contributed by atoms with Crippen LogP contribution in [0.3, 0.4) is 0 Å². The molecule has 0 aromatic rings. The molecule has 4 atom stereocenters. The van der Waals surface area contributed by atoms with Crippen LogP contribution in [0.5, 0.6) is 0 Å². The third-order valence-electron chi connectivity index (χ3n) is 4.24. The lowest BCUT2D eigenvalue weighted by Crippen LogP contribution is -2.38. The Hall–Kier alpha value is -1.11. The maximum absolute atomic E-state index is 12.5. The molecule has 106 valence electrons. The van der Waals surface area contributed by atoms with Crippen molar-refractivity contribution in [2.24, 2.45) is 0 Å². The van der Waals surface area contributed by atoms with E-state index in [4.69, 9.17) is 9.47 Å². The summed E-state index contributed by atoms with van der Waals surface area (Å²) in [7, 11) is -3.40. The van der Waals surface area contributed by atoms with Gasteiger partial charge < -0.3 is 9.47 Å².